The number of amides is 1. The van der Waals surface area contributed by atoms with Crippen LogP contribution in [0.2, 0.25) is 0 Å². The van der Waals surface area contributed by atoms with Gasteiger partial charge in [-0.25, -0.2) is 4.98 Å². The van der Waals surface area contributed by atoms with Gasteiger partial charge in [0, 0.05) is 15.0 Å². The first-order valence-electron chi connectivity index (χ1n) is 8.46. The molecule has 2 aromatic heterocycles. The van der Waals surface area contributed by atoms with Gasteiger partial charge in [-0.15, -0.1) is 11.3 Å². The van der Waals surface area contributed by atoms with Crippen LogP contribution in [0, 0.1) is 13.8 Å². The highest BCUT2D eigenvalue weighted by Crippen LogP contribution is 2.26. The fourth-order valence-corrected chi connectivity index (χ4v) is 4.12. The van der Waals surface area contributed by atoms with E-state index in [0.717, 1.165) is 19.7 Å². The minimum atomic E-state index is -0.259. The van der Waals surface area contributed by atoms with Crippen molar-refractivity contribution in [1.29, 1.82) is 0 Å². The Morgan fingerprint density at radius 3 is 2.56 bits per heavy atom. The molecule has 1 amide bonds. The number of carbonyl (C=O) groups is 1. The summed E-state index contributed by atoms with van der Waals surface area (Å²) in [7, 11) is 3.82. The standard InChI is InChI=1S/C19H21BrN4O2S/c1-11-12(2)27-18-17(11)19(26)24(15(22-18)9-23(3)4)10-16(25)21-14-7-5-13(20)6-8-14/h5-8H,9-10H2,1-4H3,(H,21,25). The van der Waals surface area contributed by atoms with Crippen molar-refractivity contribution in [2.75, 3.05) is 19.4 Å². The number of rotatable bonds is 5. The summed E-state index contributed by atoms with van der Waals surface area (Å²) in [4.78, 5) is 34.1. The van der Waals surface area contributed by atoms with Crippen molar-refractivity contribution in [3.63, 3.8) is 0 Å². The number of halogens is 1. The average molecular weight is 449 g/mol. The van der Waals surface area contributed by atoms with Crippen molar-refractivity contribution < 1.29 is 4.79 Å². The van der Waals surface area contributed by atoms with Crippen molar-refractivity contribution in [3.05, 3.63) is 55.4 Å². The number of aryl methyl sites for hydroxylation is 2. The second-order valence-corrected chi connectivity index (χ2v) is 8.79. The predicted octanol–water partition coefficient (Wildman–Crippen LogP) is 3.54. The van der Waals surface area contributed by atoms with E-state index in [-0.39, 0.29) is 18.0 Å². The van der Waals surface area contributed by atoms with Gasteiger partial charge in [0.15, 0.2) is 0 Å². The Labute approximate surface area is 170 Å². The summed E-state index contributed by atoms with van der Waals surface area (Å²) in [5, 5.41) is 3.44. The molecule has 0 aliphatic rings. The number of thiophene rings is 1. The Balaban J connectivity index is 1.99. The number of benzene rings is 1. The lowest BCUT2D eigenvalue weighted by molar-refractivity contribution is -0.116. The molecule has 1 N–H and O–H groups in total. The Kier molecular flexibility index (Phi) is 5.78. The van der Waals surface area contributed by atoms with E-state index in [2.05, 4.69) is 26.2 Å². The number of carbonyl (C=O) groups excluding carboxylic acids is 1. The molecular formula is C19H21BrN4O2S. The molecule has 0 fully saturated rings. The second-order valence-electron chi connectivity index (χ2n) is 6.68. The first kappa shape index (κ1) is 19.7. The highest BCUT2D eigenvalue weighted by Gasteiger charge is 2.18. The molecule has 142 valence electrons. The van der Waals surface area contributed by atoms with E-state index in [9.17, 15) is 9.59 Å². The average Bonchev–Trinajstić information content (AvgIpc) is 2.87. The van der Waals surface area contributed by atoms with Crippen LogP contribution in [0.1, 0.15) is 16.3 Å². The summed E-state index contributed by atoms with van der Waals surface area (Å²) >= 11 is 4.89. The van der Waals surface area contributed by atoms with Gasteiger partial charge in [-0.05, 0) is 57.8 Å². The van der Waals surface area contributed by atoms with Gasteiger partial charge in [-0.2, -0.15) is 0 Å². The van der Waals surface area contributed by atoms with Gasteiger partial charge in [0.05, 0.1) is 11.9 Å². The monoisotopic (exact) mass is 448 g/mol. The topological polar surface area (TPSA) is 67.2 Å². The van der Waals surface area contributed by atoms with E-state index in [1.54, 1.807) is 12.1 Å². The number of nitrogens with one attached hydrogen (secondary N) is 1. The number of fused-ring (bicyclic) bond motifs is 1. The van der Waals surface area contributed by atoms with Gasteiger partial charge in [-0.1, -0.05) is 15.9 Å². The zero-order chi connectivity index (χ0) is 19.7. The lowest BCUT2D eigenvalue weighted by Crippen LogP contribution is -2.32. The summed E-state index contributed by atoms with van der Waals surface area (Å²) in [5.74, 6) is 0.329. The highest BCUT2D eigenvalue weighted by molar-refractivity contribution is 9.10. The third-order valence-electron chi connectivity index (χ3n) is 4.26. The molecule has 0 spiro atoms. The van der Waals surface area contributed by atoms with Gasteiger partial charge in [0.25, 0.3) is 5.56 Å². The molecule has 0 saturated heterocycles. The minimum Gasteiger partial charge on any atom is -0.325 e. The van der Waals surface area contributed by atoms with E-state index >= 15 is 0 Å². The van der Waals surface area contributed by atoms with E-state index in [0.29, 0.717) is 23.4 Å². The molecule has 0 aliphatic heterocycles. The molecule has 3 aromatic rings. The minimum absolute atomic E-state index is 0.0741. The van der Waals surface area contributed by atoms with E-state index in [1.807, 2.05) is 45.0 Å². The Morgan fingerprint density at radius 1 is 1.26 bits per heavy atom. The molecule has 3 rings (SSSR count). The Hall–Kier alpha value is -2.03. The maximum absolute atomic E-state index is 13.1. The SMILES string of the molecule is Cc1sc2nc(CN(C)C)n(CC(=O)Nc3ccc(Br)cc3)c(=O)c2c1C. The van der Waals surface area contributed by atoms with Crippen molar-refractivity contribution >= 4 is 49.1 Å². The summed E-state index contributed by atoms with van der Waals surface area (Å²) in [6, 6.07) is 7.31. The van der Waals surface area contributed by atoms with Crippen LogP contribution < -0.4 is 10.9 Å². The summed E-state index contributed by atoms with van der Waals surface area (Å²) in [6.07, 6.45) is 0. The van der Waals surface area contributed by atoms with Gasteiger partial charge in [0.1, 0.15) is 17.2 Å². The molecule has 1 aromatic carbocycles. The lowest BCUT2D eigenvalue weighted by atomic mass is 10.2. The summed E-state index contributed by atoms with van der Waals surface area (Å²) in [6.45, 7) is 4.31. The van der Waals surface area contributed by atoms with Crippen LogP contribution in [0.15, 0.2) is 33.5 Å². The second kappa shape index (κ2) is 7.92. The first-order valence-corrected chi connectivity index (χ1v) is 10.1. The van der Waals surface area contributed by atoms with Crippen molar-refractivity contribution in [1.82, 2.24) is 14.5 Å². The Morgan fingerprint density at radius 2 is 1.93 bits per heavy atom. The van der Waals surface area contributed by atoms with E-state index in [1.165, 1.54) is 15.9 Å². The number of nitrogens with zero attached hydrogens (tertiary/aromatic N) is 3. The summed E-state index contributed by atoms with van der Waals surface area (Å²) < 4.78 is 2.42. The van der Waals surface area contributed by atoms with Gasteiger partial charge in [0.2, 0.25) is 5.91 Å². The Bertz CT molecular complexity index is 1050. The van der Waals surface area contributed by atoms with Crippen LogP contribution in [0.3, 0.4) is 0 Å². The molecule has 0 atom stereocenters. The predicted molar refractivity (Wildman–Crippen MR) is 114 cm³/mol. The number of aromatic nitrogens is 2. The highest BCUT2D eigenvalue weighted by atomic mass is 79.9. The van der Waals surface area contributed by atoms with Crippen molar-refractivity contribution in [2.45, 2.75) is 26.9 Å². The van der Waals surface area contributed by atoms with Crippen LogP contribution in [-0.2, 0) is 17.9 Å². The fourth-order valence-electron chi connectivity index (χ4n) is 2.81. The molecular weight excluding hydrogens is 428 g/mol. The quantitative estimate of drug-likeness (QED) is 0.647. The molecule has 0 aliphatic carbocycles. The zero-order valence-electron chi connectivity index (χ0n) is 15.7. The fraction of sp³-hybridized carbons (Fsp3) is 0.316. The van der Waals surface area contributed by atoms with Gasteiger partial charge < -0.3 is 10.2 Å². The van der Waals surface area contributed by atoms with Gasteiger partial charge >= 0.3 is 0 Å². The van der Waals surface area contributed by atoms with Crippen LogP contribution in [-0.4, -0.2) is 34.5 Å². The number of hydrogen-bond acceptors (Lipinski definition) is 5. The van der Waals surface area contributed by atoms with Crippen LogP contribution in [0.25, 0.3) is 10.2 Å². The van der Waals surface area contributed by atoms with E-state index in [4.69, 9.17) is 0 Å². The van der Waals surface area contributed by atoms with Crippen LogP contribution in [0.4, 0.5) is 5.69 Å². The third kappa shape index (κ3) is 4.28. The third-order valence-corrected chi connectivity index (χ3v) is 5.89. The van der Waals surface area contributed by atoms with Crippen LogP contribution >= 0.6 is 27.3 Å². The molecule has 0 bridgehead atoms. The van der Waals surface area contributed by atoms with Gasteiger partial charge in [-0.3, -0.25) is 14.2 Å². The molecule has 27 heavy (non-hydrogen) atoms. The summed E-state index contributed by atoms with van der Waals surface area (Å²) in [5.41, 5.74) is 1.46. The largest absolute Gasteiger partial charge is 0.325 e. The van der Waals surface area contributed by atoms with Crippen LogP contribution in [0.5, 0.6) is 0 Å². The maximum atomic E-state index is 13.1. The number of anilines is 1. The first-order chi connectivity index (χ1) is 12.8. The van der Waals surface area contributed by atoms with E-state index < -0.39 is 0 Å². The maximum Gasteiger partial charge on any atom is 0.263 e. The molecule has 0 unspecified atom stereocenters. The number of hydrogen-bond donors (Lipinski definition) is 1. The molecule has 0 saturated carbocycles. The van der Waals surface area contributed by atoms with Crippen molar-refractivity contribution in [3.8, 4) is 0 Å². The smallest absolute Gasteiger partial charge is 0.263 e. The zero-order valence-corrected chi connectivity index (χ0v) is 18.1. The molecule has 2 heterocycles. The normalized spacial score (nSPS) is 11.3. The molecule has 6 nitrogen and oxygen atoms in total. The van der Waals surface area contributed by atoms with Crippen molar-refractivity contribution in [2.24, 2.45) is 0 Å². The molecule has 0 radical (unpaired) electrons. The lowest BCUT2D eigenvalue weighted by Gasteiger charge is -2.16. The molecule has 8 heteroatoms.